The molecule has 6 aliphatic carbocycles. The van der Waals surface area contributed by atoms with E-state index in [0.717, 1.165) is 74.5 Å². The maximum absolute atomic E-state index is 13.6. The topological polar surface area (TPSA) is 60.4 Å². The monoisotopic (exact) mass is 434 g/mol. The SMILES string of the molecule is CC12CCC(=O)C=C1C[C@@H](C(=O)OC1CCCC1)C1=C2CC[C@@]23C(=O)CC[C@]2(C)CC=C13. The Bertz CT molecular complexity index is 1020. The fourth-order valence-corrected chi connectivity index (χ4v) is 8.27. The van der Waals surface area contributed by atoms with Crippen LogP contribution in [-0.2, 0) is 19.1 Å². The standard InChI is InChI=1S/C28H34O4/c1-26-11-8-22-24-20(25(31)32-19-5-3-4-6-19)16-17-15-18(29)7-13-27(17,2)21(24)9-14-28(22,26)23(30)10-12-26/h8,15,19-20H,3-7,9-14,16H2,1-2H3/t20-,26+,27?,28-/m1/s1. The first-order chi connectivity index (χ1) is 15.3. The predicted octanol–water partition coefficient (Wildman–Crippen LogP) is 5.56. The number of rotatable bonds is 2. The van der Waals surface area contributed by atoms with Gasteiger partial charge in [0.25, 0.3) is 0 Å². The molecular weight excluding hydrogens is 400 g/mol. The van der Waals surface area contributed by atoms with Crippen LogP contribution in [0.15, 0.2) is 34.4 Å². The van der Waals surface area contributed by atoms with E-state index in [4.69, 9.17) is 4.74 Å². The summed E-state index contributed by atoms with van der Waals surface area (Å²) >= 11 is 0. The third kappa shape index (κ3) is 2.53. The third-order valence-corrected chi connectivity index (χ3v) is 10.2. The molecule has 4 atom stereocenters. The van der Waals surface area contributed by atoms with Crippen LogP contribution in [0.4, 0.5) is 0 Å². The Morgan fingerprint density at radius 1 is 1.03 bits per heavy atom. The van der Waals surface area contributed by atoms with Gasteiger partial charge in [0.05, 0.1) is 11.3 Å². The molecule has 2 saturated carbocycles. The molecular formula is C28H34O4. The van der Waals surface area contributed by atoms with E-state index in [0.29, 0.717) is 25.0 Å². The summed E-state index contributed by atoms with van der Waals surface area (Å²) in [5, 5.41) is 0. The van der Waals surface area contributed by atoms with E-state index in [2.05, 4.69) is 19.9 Å². The van der Waals surface area contributed by atoms with Crippen molar-refractivity contribution in [2.45, 2.75) is 97.0 Å². The van der Waals surface area contributed by atoms with E-state index in [1.54, 1.807) is 0 Å². The summed E-state index contributed by atoms with van der Waals surface area (Å²) < 4.78 is 6.05. The number of hydrogen-bond acceptors (Lipinski definition) is 4. The lowest BCUT2D eigenvalue weighted by atomic mass is 9.50. The van der Waals surface area contributed by atoms with Gasteiger partial charge in [-0.15, -0.1) is 0 Å². The fourth-order valence-electron chi connectivity index (χ4n) is 8.27. The summed E-state index contributed by atoms with van der Waals surface area (Å²) in [5.74, 6) is 0.0382. The number of ketones is 2. The van der Waals surface area contributed by atoms with Crippen molar-refractivity contribution >= 4 is 17.5 Å². The number of ether oxygens (including phenoxy) is 1. The van der Waals surface area contributed by atoms with Gasteiger partial charge in [-0.3, -0.25) is 14.4 Å². The van der Waals surface area contributed by atoms with Gasteiger partial charge in [-0.2, -0.15) is 0 Å². The highest BCUT2D eigenvalue weighted by Crippen LogP contribution is 2.70. The van der Waals surface area contributed by atoms with Crippen molar-refractivity contribution in [1.82, 2.24) is 0 Å². The summed E-state index contributed by atoms with van der Waals surface area (Å²) in [7, 11) is 0. The summed E-state index contributed by atoms with van der Waals surface area (Å²) in [6, 6.07) is 0. The maximum atomic E-state index is 13.6. The summed E-state index contributed by atoms with van der Waals surface area (Å²) in [4.78, 5) is 39.4. The summed E-state index contributed by atoms with van der Waals surface area (Å²) in [6.07, 6.45) is 14.5. The number of allylic oxidation sites excluding steroid dienone is 5. The molecule has 0 aliphatic heterocycles. The molecule has 0 heterocycles. The highest BCUT2D eigenvalue weighted by molar-refractivity contribution is 5.96. The molecule has 4 heteroatoms. The van der Waals surface area contributed by atoms with E-state index >= 15 is 0 Å². The van der Waals surface area contributed by atoms with Crippen molar-refractivity contribution in [3.63, 3.8) is 0 Å². The third-order valence-electron chi connectivity index (χ3n) is 10.2. The Kier molecular flexibility index (Phi) is 4.37. The van der Waals surface area contributed by atoms with Crippen molar-refractivity contribution < 1.29 is 19.1 Å². The van der Waals surface area contributed by atoms with Crippen LogP contribution in [-0.4, -0.2) is 23.6 Å². The van der Waals surface area contributed by atoms with Crippen LogP contribution >= 0.6 is 0 Å². The van der Waals surface area contributed by atoms with Gasteiger partial charge in [0.1, 0.15) is 11.9 Å². The maximum Gasteiger partial charge on any atom is 0.314 e. The Morgan fingerprint density at radius 3 is 2.59 bits per heavy atom. The normalized spacial score (nSPS) is 41.0. The van der Waals surface area contributed by atoms with Crippen LogP contribution < -0.4 is 0 Å². The quantitative estimate of drug-likeness (QED) is 0.534. The van der Waals surface area contributed by atoms with Crippen LogP contribution in [0.5, 0.6) is 0 Å². The second-order valence-electron chi connectivity index (χ2n) is 11.7. The second kappa shape index (κ2) is 6.77. The van der Waals surface area contributed by atoms with Gasteiger partial charge in [0.2, 0.25) is 0 Å². The molecule has 0 amide bonds. The molecule has 0 aromatic rings. The zero-order valence-corrected chi connectivity index (χ0v) is 19.4. The van der Waals surface area contributed by atoms with Crippen LogP contribution in [0.3, 0.4) is 0 Å². The van der Waals surface area contributed by atoms with Gasteiger partial charge in [0, 0.05) is 18.3 Å². The number of esters is 1. The Hall–Kier alpha value is -1.97. The Morgan fingerprint density at radius 2 is 1.81 bits per heavy atom. The average Bonchev–Trinajstić information content (AvgIpc) is 3.44. The molecule has 6 rings (SSSR count). The molecule has 0 bridgehead atoms. The van der Waals surface area contributed by atoms with E-state index in [1.807, 2.05) is 6.08 Å². The van der Waals surface area contributed by atoms with Crippen LogP contribution in [0, 0.1) is 22.2 Å². The number of carbonyl (C=O) groups is 3. The van der Waals surface area contributed by atoms with E-state index in [9.17, 15) is 14.4 Å². The predicted molar refractivity (Wildman–Crippen MR) is 121 cm³/mol. The lowest BCUT2D eigenvalue weighted by Crippen LogP contribution is -2.47. The molecule has 0 aromatic carbocycles. The number of hydrogen-bond donors (Lipinski definition) is 0. The molecule has 2 fully saturated rings. The van der Waals surface area contributed by atoms with Gasteiger partial charge >= 0.3 is 5.97 Å². The van der Waals surface area contributed by atoms with E-state index in [1.165, 1.54) is 5.57 Å². The molecule has 1 spiro atoms. The zero-order valence-electron chi connectivity index (χ0n) is 19.4. The summed E-state index contributed by atoms with van der Waals surface area (Å²) in [5.41, 5.74) is 4.11. The highest BCUT2D eigenvalue weighted by Gasteiger charge is 2.65. The van der Waals surface area contributed by atoms with E-state index < -0.39 is 5.41 Å². The largest absolute Gasteiger partial charge is 0.462 e. The molecule has 0 aromatic heterocycles. The number of Topliss-reactive ketones (excluding diaryl/α,β-unsaturated/α-hetero) is 1. The number of carbonyl (C=O) groups excluding carboxylic acids is 3. The molecule has 0 radical (unpaired) electrons. The molecule has 4 nitrogen and oxygen atoms in total. The second-order valence-corrected chi connectivity index (χ2v) is 11.7. The first-order valence-electron chi connectivity index (χ1n) is 12.7. The van der Waals surface area contributed by atoms with Crippen molar-refractivity contribution in [3.8, 4) is 0 Å². The van der Waals surface area contributed by atoms with E-state index in [-0.39, 0.29) is 34.6 Å². The lowest BCUT2D eigenvalue weighted by molar-refractivity contribution is -0.153. The molecule has 0 N–H and O–H groups in total. The van der Waals surface area contributed by atoms with Crippen molar-refractivity contribution in [3.05, 3.63) is 34.4 Å². The van der Waals surface area contributed by atoms with Crippen molar-refractivity contribution in [1.29, 1.82) is 0 Å². The minimum absolute atomic E-state index is 0.0165. The smallest absolute Gasteiger partial charge is 0.314 e. The minimum Gasteiger partial charge on any atom is -0.462 e. The highest BCUT2D eigenvalue weighted by atomic mass is 16.5. The van der Waals surface area contributed by atoms with Gasteiger partial charge in [-0.1, -0.05) is 31.1 Å². The minimum atomic E-state index is -0.417. The first-order valence-corrected chi connectivity index (χ1v) is 12.7. The zero-order chi connectivity index (χ0) is 22.3. The lowest BCUT2D eigenvalue weighted by Gasteiger charge is -2.52. The van der Waals surface area contributed by atoms with Crippen molar-refractivity contribution in [2.75, 3.05) is 0 Å². The van der Waals surface area contributed by atoms with Crippen LogP contribution in [0.25, 0.3) is 0 Å². The van der Waals surface area contributed by atoms with Crippen LogP contribution in [0.2, 0.25) is 0 Å². The van der Waals surface area contributed by atoms with Crippen molar-refractivity contribution in [2.24, 2.45) is 22.2 Å². The average molecular weight is 435 g/mol. The molecule has 0 saturated heterocycles. The molecule has 6 aliphatic rings. The molecule has 1 unspecified atom stereocenters. The molecule has 32 heavy (non-hydrogen) atoms. The Labute approximate surface area is 190 Å². The van der Waals surface area contributed by atoms with Gasteiger partial charge in [0.15, 0.2) is 5.78 Å². The fraction of sp³-hybridized carbons (Fsp3) is 0.679. The first kappa shape index (κ1) is 20.6. The number of fused-ring (bicyclic) bond motifs is 3. The van der Waals surface area contributed by atoms with Gasteiger partial charge < -0.3 is 4.74 Å². The van der Waals surface area contributed by atoms with Gasteiger partial charge in [-0.05, 0) is 86.8 Å². The summed E-state index contributed by atoms with van der Waals surface area (Å²) in [6.45, 7) is 4.55. The van der Waals surface area contributed by atoms with Gasteiger partial charge in [-0.25, -0.2) is 0 Å². The Balaban J connectivity index is 1.49. The van der Waals surface area contributed by atoms with Crippen LogP contribution in [0.1, 0.15) is 90.9 Å². The molecule has 170 valence electrons.